The number of carbonyl (C=O) groups excluding carboxylic acids is 2. The fourth-order valence-electron chi connectivity index (χ4n) is 2.81. The predicted molar refractivity (Wildman–Crippen MR) is 54.0 cm³/mol. The van der Waals surface area contributed by atoms with Gasteiger partial charge in [0.1, 0.15) is 0 Å². The van der Waals surface area contributed by atoms with Gasteiger partial charge in [0, 0.05) is 12.1 Å². The number of hydrogen-bond donors (Lipinski definition) is 0. The van der Waals surface area contributed by atoms with Crippen LogP contribution in [0.4, 0.5) is 0 Å². The van der Waals surface area contributed by atoms with Crippen LogP contribution in [0.25, 0.3) is 0 Å². The summed E-state index contributed by atoms with van der Waals surface area (Å²) in [6.45, 7) is 7.11. The third-order valence-corrected chi connectivity index (χ3v) is 3.61. The Morgan fingerprint density at radius 3 is 2.60 bits per heavy atom. The van der Waals surface area contributed by atoms with E-state index in [1.807, 2.05) is 6.92 Å². The molecule has 2 rings (SSSR count). The van der Waals surface area contributed by atoms with Gasteiger partial charge in [0.15, 0.2) is 0 Å². The molecule has 0 N–H and O–H groups in total. The molecule has 2 saturated heterocycles. The summed E-state index contributed by atoms with van der Waals surface area (Å²) in [5.41, 5.74) is 0. The van der Waals surface area contributed by atoms with Crippen molar-refractivity contribution < 1.29 is 14.3 Å². The van der Waals surface area contributed by atoms with Crippen LogP contribution < -0.4 is 0 Å². The number of likely N-dealkylation sites (tertiary alicyclic amines) is 1. The van der Waals surface area contributed by atoms with Crippen molar-refractivity contribution in [3.8, 4) is 0 Å². The van der Waals surface area contributed by atoms with Gasteiger partial charge in [0.2, 0.25) is 0 Å². The van der Waals surface area contributed by atoms with Crippen LogP contribution in [0.2, 0.25) is 0 Å². The molecule has 4 nitrogen and oxygen atoms in total. The van der Waals surface area contributed by atoms with Crippen molar-refractivity contribution in [1.29, 1.82) is 0 Å². The lowest BCUT2D eigenvalue weighted by atomic mass is 9.81. The molecule has 0 aliphatic carbocycles. The second-order valence-electron chi connectivity index (χ2n) is 4.73. The zero-order valence-electron chi connectivity index (χ0n) is 9.40. The van der Waals surface area contributed by atoms with Crippen LogP contribution in [-0.4, -0.2) is 35.5 Å². The first-order chi connectivity index (χ1) is 7.02. The topological polar surface area (TPSA) is 46.6 Å². The summed E-state index contributed by atoms with van der Waals surface area (Å²) >= 11 is 0. The standard InChI is InChI=1S/C11H17NO3/c1-6(2)12-5-4-8-9(7(12)3)11(14)15-10(8)13/h6-9H,4-5H2,1-3H3. The quantitative estimate of drug-likeness (QED) is 0.475. The summed E-state index contributed by atoms with van der Waals surface area (Å²) < 4.78 is 4.70. The van der Waals surface area contributed by atoms with E-state index in [4.69, 9.17) is 4.74 Å². The zero-order chi connectivity index (χ0) is 11.2. The fraction of sp³-hybridized carbons (Fsp3) is 0.818. The molecule has 3 unspecified atom stereocenters. The molecule has 0 saturated carbocycles. The van der Waals surface area contributed by atoms with Gasteiger partial charge < -0.3 is 4.74 Å². The van der Waals surface area contributed by atoms with E-state index in [9.17, 15) is 9.59 Å². The van der Waals surface area contributed by atoms with Crippen molar-refractivity contribution >= 4 is 11.9 Å². The molecular formula is C11H17NO3. The van der Waals surface area contributed by atoms with E-state index in [2.05, 4.69) is 18.7 Å². The molecule has 2 aliphatic heterocycles. The third kappa shape index (κ3) is 1.57. The SMILES string of the molecule is CC(C)N1CCC2C(=O)OC(=O)C2C1C. The first-order valence-electron chi connectivity index (χ1n) is 5.53. The molecule has 0 aromatic carbocycles. The molecule has 4 heteroatoms. The second kappa shape index (κ2) is 3.59. The van der Waals surface area contributed by atoms with Gasteiger partial charge in [-0.3, -0.25) is 14.5 Å². The van der Waals surface area contributed by atoms with Crippen molar-refractivity contribution in [2.24, 2.45) is 11.8 Å². The Bertz CT molecular complexity index is 300. The van der Waals surface area contributed by atoms with E-state index in [1.165, 1.54) is 0 Å². The molecule has 0 aromatic heterocycles. The number of carbonyl (C=O) groups is 2. The van der Waals surface area contributed by atoms with Gasteiger partial charge in [-0.25, -0.2) is 0 Å². The van der Waals surface area contributed by atoms with E-state index < -0.39 is 0 Å². The number of ether oxygens (including phenoxy) is 1. The van der Waals surface area contributed by atoms with Crippen LogP contribution in [0.5, 0.6) is 0 Å². The summed E-state index contributed by atoms with van der Waals surface area (Å²) in [4.78, 5) is 25.2. The number of hydrogen-bond acceptors (Lipinski definition) is 4. The normalized spacial score (nSPS) is 36.9. The van der Waals surface area contributed by atoms with Crippen molar-refractivity contribution in [3.63, 3.8) is 0 Å². The Morgan fingerprint density at radius 1 is 1.33 bits per heavy atom. The molecule has 0 amide bonds. The first-order valence-corrected chi connectivity index (χ1v) is 5.53. The highest BCUT2D eigenvalue weighted by molar-refractivity contribution is 5.97. The number of fused-ring (bicyclic) bond motifs is 1. The lowest BCUT2D eigenvalue weighted by Gasteiger charge is -2.40. The van der Waals surface area contributed by atoms with Gasteiger partial charge in [-0.1, -0.05) is 0 Å². The van der Waals surface area contributed by atoms with E-state index in [0.29, 0.717) is 6.04 Å². The predicted octanol–water partition coefficient (Wildman–Crippen LogP) is 0.805. The molecule has 0 aromatic rings. The third-order valence-electron chi connectivity index (χ3n) is 3.61. The molecular weight excluding hydrogens is 194 g/mol. The number of cyclic esters (lactones) is 2. The van der Waals surface area contributed by atoms with Crippen LogP contribution in [0.1, 0.15) is 27.2 Å². The second-order valence-corrected chi connectivity index (χ2v) is 4.73. The Kier molecular flexibility index (Phi) is 2.54. The summed E-state index contributed by atoms with van der Waals surface area (Å²) in [5, 5.41) is 0. The van der Waals surface area contributed by atoms with Gasteiger partial charge in [0.25, 0.3) is 0 Å². The Labute approximate surface area is 89.6 Å². The highest BCUT2D eigenvalue weighted by Gasteiger charge is 2.51. The molecule has 0 radical (unpaired) electrons. The Morgan fingerprint density at radius 2 is 2.00 bits per heavy atom. The minimum atomic E-state index is -0.331. The van der Waals surface area contributed by atoms with Gasteiger partial charge in [-0.05, 0) is 33.7 Å². The van der Waals surface area contributed by atoms with Crippen LogP contribution in [0, 0.1) is 11.8 Å². The maximum Gasteiger partial charge on any atom is 0.319 e. The highest BCUT2D eigenvalue weighted by Crippen LogP contribution is 2.36. The zero-order valence-corrected chi connectivity index (χ0v) is 9.40. The molecule has 2 aliphatic rings. The molecule has 0 spiro atoms. The lowest BCUT2D eigenvalue weighted by molar-refractivity contribution is -0.153. The smallest absolute Gasteiger partial charge is 0.319 e. The lowest BCUT2D eigenvalue weighted by Crippen LogP contribution is -2.51. The average molecular weight is 211 g/mol. The van der Waals surface area contributed by atoms with Crippen LogP contribution in [0.3, 0.4) is 0 Å². The highest BCUT2D eigenvalue weighted by atomic mass is 16.6. The van der Waals surface area contributed by atoms with Crippen LogP contribution in [-0.2, 0) is 14.3 Å². The summed E-state index contributed by atoms with van der Waals surface area (Å²) in [6, 6.07) is 0.521. The van der Waals surface area contributed by atoms with Crippen molar-refractivity contribution in [1.82, 2.24) is 4.90 Å². The molecule has 84 valence electrons. The van der Waals surface area contributed by atoms with E-state index in [0.717, 1.165) is 13.0 Å². The molecule has 2 fully saturated rings. The maximum atomic E-state index is 11.5. The van der Waals surface area contributed by atoms with Crippen LogP contribution >= 0.6 is 0 Å². The molecule has 15 heavy (non-hydrogen) atoms. The minimum absolute atomic E-state index is 0.114. The van der Waals surface area contributed by atoms with Gasteiger partial charge in [-0.15, -0.1) is 0 Å². The summed E-state index contributed by atoms with van der Waals surface area (Å²) in [5.74, 6) is -1.08. The molecule has 3 atom stereocenters. The largest absolute Gasteiger partial charge is 0.393 e. The van der Waals surface area contributed by atoms with Gasteiger partial charge >= 0.3 is 11.9 Å². The van der Waals surface area contributed by atoms with Gasteiger partial charge in [-0.2, -0.15) is 0 Å². The number of esters is 2. The fourth-order valence-corrected chi connectivity index (χ4v) is 2.81. The van der Waals surface area contributed by atoms with E-state index >= 15 is 0 Å². The number of rotatable bonds is 1. The van der Waals surface area contributed by atoms with E-state index in [1.54, 1.807) is 0 Å². The first kappa shape index (κ1) is 10.6. The monoisotopic (exact) mass is 211 g/mol. The van der Waals surface area contributed by atoms with Crippen LogP contribution in [0.15, 0.2) is 0 Å². The maximum absolute atomic E-state index is 11.5. The minimum Gasteiger partial charge on any atom is -0.393 e. The Balaban J connectivity index is 2.21. The van der Waals surface area contributed by atoms with Crippen molar-refractivity contribution in [2.45, 2.75) is 39.3 Å². The summed E-state index contributed by atoms with van der Waals surface area (Å²) in [7, 11) is 0. The Hall–Kier alpha value is -0.900. The molecule has 2 heterocycles. The van der Waals surface area contributed by atoms with Gasteiger partial charge in [0.05, 0.1) is 11.8 Å². The van der Waals surface area contributed by atoms with Crippen molar-refractivity contribution in [3.05, 3.63) is 0 Å². The van der Waals surface area contributed by atoms with E-state index in [-0.39, 0.29) is 29.8 Å². The average Bonchev–Trinajstić information content (AvgIpc) is 2.43. The number of nitrogens with zero attached hydrogens (tertiary/aromatic N) is 1. The summed E-state index contributed by atoms with van der Waals surface area (Å²) in [6.07, 6.45) is 0.748. The number of piperidine rings is 1. The molecule has 0 bridgehead atoms. The van der Waals surface area contributed by atoms with Crippen molar-refractivity contribution in [2.75, 3.05) is 6.54 Å².